The number of hydrogen-bond donors (Lipinski definition) is 0. The van der Waals surface area contributed by atoms with Gasteiger partial charge in [0.1, 0.15) is 13.2 Å². The number of rotatable bonds is 5. The first-order valence-electron chi connectivity index (χ1n) is 6.58. The van der Waals surface area contributed by atoms with Gasteiger partial charge in [-0.3, -0.25) is 4.21 Å². The molecule has 0 radical (unpaired) electrons. The van der Waals surface area contributed by atoms with Crippen molar-refractivity contribution in [1.82, 2.24) is 0 Å². The van der Waals surface area contributed by atoms with Crippen LogP contribution < -0.4 is 9.47 Å². The van der Waals surface area contributed by atoms with Crippen LogP contribution in [0.1, 0.15) is 10.4 Å². The van der Waals surface area contributed by atoms with Gasteiger partial charge in [-0.2, -0.15) is 0 Å². The molecule has 1 atom stereocenters. The lowest BCUT2D eigenvalue weighted by atomic mass is 10.2. The van der Waals surface area contributed by atoms with Gasteiger partial charge >= 0.3 is 0 Å². The molecule has 1 aromatic heterocycles. The van der Waals surface area contributed by atoms with E-state index in [2.05, 4.69) is 11.4 Å². The van der Waals surface area contributed by atoms with Crippen molar-refractivity contribution in [1.29, 1.82) is 0 Å². The highest BCUT2D eigenvalue weighted by Crippen LogP contribution is 2.34. The maximum atomic E-state index is 12.2. The number of fused-ring (bicyclic) bond motifs is 1. The Balaban J connectivity index is 1.64. The van der Waals surface area contributed by atoms with E-state index < -0.39 is 10.8 Å². The quantitative estimate of drug-likeness (QED) is 0.852. The van der Waals surface area contributed by atoms with Gasteiger partial charge in [0.15, 0.2) is 11.5 Å². The van der Waals surface area contributed by atoms with Crippen molar-refractivity contribution in [2.24, 2.45) is 0 Å². The Morgan fingerprint density at radius 1 is 1.15 bits per heavy atom. The third-order valence-electron chi connectivity index (χ3n) is 3.12. The number of thiophene rings is 1. The van der Waals surface area contributed by atoms with Gasteiger partial charge in [0.05, 0.1) is 5.75 Å². The van der Waals surface area contributed by atoms with Crippen LogP contribution in [0, 0.1) is 0 Å². The van der Waals surface area contributed by atoms with Crippen molar-refractivity contribution >= 4 is 22.1 Å². The van der Waals surface area contributed by atoms with Crippen molar-refractivity contribution in [3.8, 4) is 11.5 Å². The van der Waals surface area contributed by atoms with Gasteiger partial charge in [-0.25, -0.2) is 0 Å². The SMILES string of the molecule is O=S(CCc1cccs1)Cc1cccc2c1OCCO2. The van der Waals surface area contributed by atoms with Crippen LogP contribution >= 0.6 is 11.3 Å². The van der Waals surface area contributed by atoms with E-state index in [-0.39, 0.29) is 0 Å². The summed E-state index contributed by atoms with van der Waals surface area (Å²) in [5.74, 6) is 2.75. The third-order valence-corrected chi connectivity index (χ3v) is 5.35. The zero-order valence-electron chi connectivity index (χ0n) is 11.0. The third kappa shape index (κ3) is 3.22. The monoisotopic (exact) mass is 308 g/mol. The molecule has 3 rings (SSSR count). The summed E-state index contributed by atoms with van der Waals surface area (Å²) in [7, 11) is -0.883. The molecule has 2 aromatic rings. The lowest BCUT2D eigenvalue weighted by molar-refractivity contribution is 0.170. The zero-order chi connectivity index (χ0) is 13.8. The van der Waals surface area contributed by atoms with E-state index in [1.54, 1.807) is 11.3 Å². The Morgan fingerprint density at radius 2 is 2.05 bits per heavy atom. The summed E-state index contributed by atoms with van der Waals surface area (Å²) in [6, 6.07) is 9.91. The molecule has 1 unspecified atom stereocenters. The Bertz CT molecular complexity index is 593. The first-order valence-corrected chi connectivity index (χ1v) is 8.94. The predicted molar refractivity (Wildman–Crippen MR) is 82.2 cm³/mol. The molecule has 0 saturated heterocycles. The van der Waals surface area contributed by atoms with Crippen LogP contribution in [0.2, 0.25) is 0 Å². The highest BCUT2D eigenvalue weighted by atomic mass is 32.2. The molecule has 2 heterocycles. The lowest BCUT2D eigenvalue weighted by Gasteiger charge is -2.20. The molecule has 0 N–H and O–H groups in total. The number of ether oxygens (including phenoxy) is 2. The number of para-hydroxylation sites is 1. The fraction of sp³-hybridized carbons (Fsp3) is 0.333. The summed E-state index contributed by atoms with van der Waals surface area (Å²) >= 11 is 1.71. The summed E-state index contributed by atoms with van der Waals surface area (Å²) in [5, 5.41) is 2.05. The van der Waals surface area contributed by atoms with Crippen LogP contribution in [0.25, 0.3) is 0 Å². The molecule has 1 aliphatic rings. The van der Waals surface area contributed by atoms with E-state index >= 15 is 0 Å². The van der Waals surface area contributed by atoms with Crippen LogP contribution in [0.4, 0.5) is 0 Å². The normalized spacial score (nSPS) is 15.0. The molecule has 0 saturated carbocycles. The van der Waals surface area contributed by atoms with Crippen molar-refractivity contribution in [3.63, 3.8) is 0 Å². The fourth-order valence-corrected chi connectivity index (χ4v) is 4.17. The van der Waals surface area contributed by atoms with E-state index in [1.807, 2.05) is 24.3 Å². The van der Waals surface area contributed by atoms with Crippen molar-refractivity contribution in [2.75, 3.05) is 19.0 Å². The average molecular weight is 308 g/mol. The summed E-state index contributed by atoms with van der Waals surface area (Å²) in [5.41, 5.74) is 0.978. The molecule has 1 aliphatic heterocycles. The molecule has 0 spiro atoms. The summed E-state index contributed by atoms with van der Waals surface area (Å²) in [6.45, 7) is 1.14. The minimum Gasteiger partial charge on any atom is -0.486 e. The second kappa shape index (κ2) is 6.41. The maximum Gasteiger partial charge on any atom is 0.165 e. The minimum absolute atomic E-state index is 0.526. The molecule has 1 aromatic carbocycles. The Hall–Kier alpha value is -1.33. The summed E-state index contributed by atoms with van der Waals surface area (Å²) in [6.07, 6.45) is 0.872. The van der Waals surface area contributed by atoms with Crippen LogP contribution in [-0.4, -0.2) is 23.2 Å². The lowest BCUT2D eigenvalue weighted by Crippen LogP contribution is -2.17. The molecular formula is C15H16O3S2. The molecule has 0 aliphatic carbocycles. The van der Waals surface area contributed by atoms with Gasteiger partial charge in [-0.15, -0.1) is 11.3 Å². The smallest absolute Gasteiger partial charge is 0.165 e. The fourth-order valence-electron chi connectivity index (χ4n) is 2.16. The summed E-state index contributed by atoms with van der Waals surface area (Å²) in [4.78, 5) is 1.29. The van der Waals surface area contributed by atoms with Gasteiger partial charge in [0.2, 0.25) is 0 Å². The van der Waals surface area contributed by atoms with E-state index in [0.29, 0.717) is 24.7 Å². The van der Waals surface area contributed by atoms with Gasteiger partial charge in [0.25, 0.3) is 0 Å². The van der Waals surface area contributed by atoms with E-state index in [4.69, 9.17) is 9.47 Å². The van der Waals surface area contributed by atoms with Gasteiger partial charge in [0, 0.05) is 27.0 Å². The molecule has 106 valence electrons. The molecular weight excluding hydrogens is 292 g/mol. The first kappa shape index (κ1) is 13.6. The van der Waals surface area contributed by atoms with E-state index in [9.17, 15) is 4.21 Å². The largest absolute Gasteiger partial charge is 0.486 e. The predicted octanol–water partition coefficient (Wildman–Crippen LogP) is 3.01. The molecule has 0 amide bonds. The van der Waals surface area contributed by atoms with E-state index in [0.717, 1.165) is 23.5 Å². The topological polar surface area (TPSA) is 35.5 Å². The Morgan fingerprint density at radius 3 is 2.90 bits per heavy atom. The zero-order valence-corrected chi connectivity index (χ0v) is 12.7. The van der Waals surface area contributed by atoms with Crippen LogP contribution in [0.5, 0.6) is 11.5 Å². The minimum atomic E-state index is -0.883. The number of aryl methyl sites for hydroxylation is 1. The Labute approximate surface area is 125 Å². The first-order chi connectivity index (χ1) is 9.83. The van der Waals surface area contributed by atoms with Crippen LogP contribution in [-0.2, 0) is 23.0 Å². The molecule has 0 fully saturated rings. The Kier molecular flexibility index (Phi) is 4.38. The average Bonchev–Trinajstić information content (AvgIpc) is 2.99. The second-order valence-corrected chi connectivity index (χ2v) is 7.17. The maximum absolute atomic E-state index is 12.2. The van der Waals surface area contributed by atoms with Gasteiger partial charge in [-0.05, 0) is 23.9 Å². The highest BCUT2D eigenvalue weighted by Gasteiger charge is 2.16. The van der Waals surface area contributed by atoms with Crippen LogP contribution in [0.3, 0.4) is 0 Å². The van der Waals surface area contributed by atoms with Gasteiger partial charge < -0.3 is 9.47 Å². The van der Waals surface area contributed by atoms with Crippen molar-refractivity contribution < 1.29 is 13.7 Å². The van der Waals surface area contributed by atoms with Crippen molar-refractivity contribution in [2.45, 2.75) is 12.2 Å². The standard InChI is InChI=1S/C15H16O3S2/c16-20(10-6-13-4-2-9-19-13)11-12-3-1-5-14-15(12)18-8-7-17-14/h1-5,9H,6-8,10-11H2. The van der Waals surface area contributed by atoms with E-state index in [1.165, 1.54) is 4.88 Å². The van der Waals surface area contributed by atoms with Crippen molar-refractivity contribution in [3.05, 3.63) is 46.2 Å². The molecule has 20 heavy (non-hydrogen) atoms. The molecule has 3 nitrogen and oxygen atoms in total. The van der Waals surface area contributed by atoms with Gasteiger partial charge in [-0.1, -0.05) is 18.2 Å². The molecule has 0 bridgehead atoms. The van der Waals surface area contributed by atoms with Crippen LogP contribution in [0.15, 0.2) is 35.7 Å². The summed E-state index contributed by atoms with van der Waals surface area (Å²) < 4.78 is 23.4. The number of hydrogen-bond acceptors (Lipinski definition) is 4. The highest BCUT2D eigenvalue weighted by molar-refractivity contribution is 7.84. The number of benzene rings is 1. The molecule has 5 heteroatoms. The second-order valence-electron chi connectivity index (χ2n) is 4.56.